The third-order valence-corrected chi connectivity index (χ3v) is 4.21. The van der Waals surface area contributed by atoms with Gasteiger partial charge in [0.05, 0.1) is 24.9 Å². The van der Waals surface area contributed by atoms with Gasteiger partial charge in [-0.3, -0.25) is 9.59 Å². The fourth-order valence-corrected chi connectivity index (χ4v) is 2.73. The van der Waals surface area contributed by atoms with Crippen LogP contribution in [-0.2, 0) is 16.0 Å². The van der Waals surface area contributed by atoms with E-state index in [1.807, 2.05) is 6.92 Å². The van der Waals surface area contributed by atoms with E-state index in [9.17, 15) is 18.4 Å². The number of rotatable bonds is 9. The summed E-state index contributed by atoms with van der Waals surface area (Å²) in [6, 6.07) is 10.0. The molecule has 1 heterocycles. The predicted molar refractivity (Wildman–Crippen MR) is 109 cm³/mol. The number of halogens is 2. The van der Waals surface area contributed by atoms with Crippen LogP contribution < -0.4 is 15.4 Å². The number of hydrogen-bond acceptors (Lipinski definition) is 5. The molecule has 0 spiro atoms. The Morgan fingerprint density at radius 3 is 2.58 bits per heavy atom. The average molecular weight is 429 g/mol. The minimum absolute atomic E-state index is 0.0299. The number of carbonyl (C=O) groups excluding carboxylic acids is 2. The van der Waals surface area contributed by atoms with E-state index in [1.54, 1.807) is 24.3 Å². The van der Waals surface area contributed by atoms with E-state index < -0.39 is 11.6 Å². The van der Waals surface area contributed by atoms with Crippen LogP contribution in [0.15, 0.2) is 53.1 Å². The van der Waals surface area contributed by atoms with E-state index in [0.717, 1.165) is 12.1 Å². The average Bonchev–Trinajstić information content (AvgIpc) is 3.21. The van der Waals surface area contributed by atoms with Gasteiger partial charge in [0, 0.05) is 24.6 Å². The van der Waals surface area contributed by atoms with Crippen LogP contribution in [-0.4, -0.2) is 29.9 Å². The Balaban J connectivity index is 1.43. The van der Waals surface area contributed by atoms with Crippen LogP contribution in [0, 0.1) is 11.6 Å². The normalized spacial score (nSPS) is 10.5. The van der Waals surface area contributed by atoms with Crippen LogP contribution in [0.3, 0.4) is 0 Å². The van der Waals surface area contributed by atoms with Crippen molar-refractivity contribution in [1.29, 1.82) is 0 Å². The lowest BCUT2D eigenvalue weighted by molar-refractivity contribution is -0.124. The van der Waals surface area contributed by atoms with Gasteiger partial charge in [-0.05, 0) is 43.3 Å². The number of oxazole rings is 1. The molecule has 1 aromatic heterocycles. The molecule has 162 valence electrons. The fraction of sp³-hybridized carbons (Fsp3) is 0.227. The van der Waals surface area contributed by atoms with Crippen molar-refractivity contribution in [2.24, 2.45) is 0 Å². The molecule has 0 radical (unpaired) electrons. The molecule has 2 N–H and O–H groups in total. The Morgan fingerprint density at radius 1 is 1.10 bits per heavy atom. The van der Waals surface area contributed by atoms with Crippen LogP contribution in [0.25, 0.3) is 11.3 Å². The van der Waals surface area contributed by atoms with Crippen molar-refractivity contribution in [3.8, 4) is 17.1 Å². The number of carbonyl (C=O) groups is 2. The number of benzene rings is 2. The largest absolute Gasteiger partial charge is 0.494 e. The number of amides is 2. The van der Waals surface area contributed by atoms with Crippen molar-refractivity contribution < 1.29 is 27.5 Å². The molecule has 0 aliphatic carbocycles. The Bertz CT molecular complexity index is 1050. The second-order valence-electron chi connectivity index (χ2n) is 6.52. The monoisotopic (exact) mass is 429 g/mol. The van der Waals surface area contributed by atoms with Gasteiger partial charge < -0.3 is 19.8 Å². The third kappa shape index (κ3) is 6.36. The molecule has 2 aromatic carbocycles. The molecular weight excluding hydrogens is 408 g/mol. The highest BCUT2D eigenvalue weighted by atomic mass is 19.1. The highest BCUT2D eigenvalue weighted by Gasteiger charge is 2.13. The summed E-state index contributed by atoms with van der Waals surface area (Å²) in [5, 5.41) is 5.18. The van der Waals surface area contributed by atoms with Crippen molar-refractivity contribution in [2.75, 3.05) is 18.5 Å². The molecule has 7 nitrogen and oxygen atoms in total. The highest BCUT2D eigenvalue weighted by molar-refractivity contribution is 5.94. The van der Waals surface area contributed by atoms with Gasteiger partial charge in [-0.1, -0.05) is 0 Å². The van der Waals surface area contributed by atoms with Gasteiger partial charge >= 0.3 is 0 Å². The first-order chi connectivity index (χ1) is 14.9. The minimum atomic E-state index is -0.765. The number of anilines is 1. The van der Waals surface area contributed by atoms with E-state index in [4.69, 9.17) is 9.15 Å². The Morgan fingerprint density at radius 2 is 1.87 bits per heavy atom. The standard InChI is InChI=1S/C22H21F2N3O4/c1-2-30-16-6-4-15(5-7-16)27-21(29)13-25-20(28)9-10-22-26-12-19(31-22)17-8-3-14(23)11-18(17)24/h3-8,11-12H,2,9-10,13H2,1H3,(H,25,28)(H,27,29). The zero-order valence-corrected chi connectivity index (χ0v) is 16.8. The van der Waals surface area contributed by atoms with Crippen molar-refractivity contribution in [3.63, 3.8) is 0 Å². The SMILES string of the molecule is CCOc1ccc(NC(=O)CNC(=O)CCc2ncc(-c3ccc(F)cc3F)o2)cc1. The van der Waals surface area contributed by atoms with E-state index in [-0.39, 0.29) is 48.4 Å². The number of nitrogens with one attached hydrogen (secondary N) is 2. The third-order valence-electron chi connectivity index (χ3n) is 4.21. The van der Waals surface area contributed by atoms with Gasteiger partial charge in [-0.25, -0.2) is 13.8 Å². The van der Waals surface area contributed by atoms with Gasteiger partial charge in [0.25, 0.3) is 0 Å². The number of aryl methyl sites for hydroxylation is 1. The second-order valence-corrected chi connectivity index (χ2v) is 6.52. The molecule has 0 saturated heterocycles. The summed E-state index contributed by atoms with van der Waals surface area (Å²) in [6.07, 6.45) is 1.51. The first kappa shape index (κ1) is 21.9. The maximum absolute atomic E-state index is 13.8. The lowest BCUT2D eigenvalue weighted by Gasteiger charge is -2.08. The molecule has 0 saturated carbocycles. The first-order valence-electron chi connectivity index (χ1n) is 9.64. The van der Waals surface area contributed by atoms with Gasteiger partial charge in [0.2, 0.25) is 11.8 Å². The number of aromatic nitrogens is 1. The number of nitrogens with zero attached hydrogens (tertiary/aromatic N) is 1. The van der Waals surface area contributed by atoms with Gasteiger partial charge in [0.1, 0.15) is 17.4 Å². The zero-order chi connectivity index (χ0) is 22.2. The molecule has 0 fully saturated rings. The quantitative estimate of drug-likeness (QED) is 0.541. The summed E-state index contributed by atoms with van der Waals surface area (Å²) in [4.78, 5) is 27.9. The van der Waals surface area contributed by atoms with E-state index in [1.165, 1.54) is 12.3 Å². The maximum atomic E-state index is 13.8. The minimum Gasteiger partial charge on any atom is -0.494 e. The zero-order valence-electron chi connectivity index (χ0n) is 16.8. The molecule has 0 atom stereocenters. The molecule has 0 unspecified atom stereocenters. The topological polar surface area (TPSA) is 93.5 Å². The molecule has 3 rings (SSSR count). The lowest BCUT2D eigenvalue weighted by atomic mass is 10.2. The molecule has 31 heavy (non-hydrogen) atoms. The van der Waals surface area contributed by atoms with E-state index in [2.05, 4.69) is 15.6 Å². The maximum Gasteiger partial charge on any atom is 0.243 e. The molecular formula is C22H21F2N3O4. The fourth-order valence-electron chi connectivity index (χ4n) is 2.73. The Kier molecular flexibility index (Phi) is 7.31. The molecule has 3 aromatic rings. The predicted octanol–water partition coefficient (Wildman–Crippen LogP) is 3.71. The van der Waals surface area contributed by atoms with Crippen molar-refractivity contribution in [3.05, 3.63) is 66.2 Å². The Labute approximate surface area is 177 Å². The van der Waals surface area contributed by atoms with Crippen LogP contribution >= 0.6 is 0 Å². The second kappa shape index (κ2) is 10.3. The van der Waals surface area contributed by atoms with Crippen LogP contribution in [0.1, 0.15) is 19.2 Å². The summed E-state index contributed by atoms with van der Waals surface area (Å²) in [5.41, 5.74) is 0.665. The van der Waals surface area contributed by atoms with Gasteiger partial charge in [-0.2, -0.15) is 0 Å². The molecule has 2 amide bonds. The van der Waals surface area contributed by atoms with E-state index >= 15 is 0 Å². The van der Waals surface area contributed by atoms with Crippen molar-refractivity contribution in [2.45, 2.75) is 19.8 Å². The molecule has 0 aliphatic rings. The summed E-state index contributed by atoms with van der Waals surface area (Å²) in [7, 11) is 0. The van der Waals surface area contributed by atoms with Crippen molar-refractivity contribution >= 4 is 17.5 Å². The van der Waals surface area contributed by atoms with Crippen molar-refractivity contribution in [1.82, 2.24) is 10.3 Å². The van der Waals surface area contributed by atoms with Crippen LogP contribution in [0.2, 0.25) is 0 Å². The molecule has 9 heteroatoms. The summed E-state index contributed by atoms with van der Waals surface area (Å²) >= 11 is 0. The number of hydrogen-bond donors (Lipinski definition) is 2. The first-order valence-corrected chi connectivity index (χ1v) is 9.64. The van der Waals surface area contributed by atoms with Crippen LogP contribution in [0.4, 0.5) is 14.5 Å². The van der Waals surface area contributed by atoms with Crippen LogP contribution in [0.5, 0.6) is 5.75 Å². The van der Waals surface area contributed by atoms with E-state index in [0.29, 0.717) is 18.0 Å². The highest BCUT2D eigenvalue weighted by Crippen LogP contribution is 2.24. The van der Waals surface area contributed by atoms with Gasteiger partial charge in [0.15, 0.2) is 11.7 Å². The summed E-state index contributed by atoms with van der Waals surface area (Å²) in [5.74, 6) is -1.12. The smallest absolute Gasteiger partial charge is 0.243 e. The van der Waals surface area contributed by atoms with Gasteiger partial charge in [-0.15, -0.1) is 0 Å². The molecule has 0 aliphatic heterocycles. The number of ether oxygens (including phenoxy) is 1. The summed E-state index contributed by atoms with van der Waals surface area (Å²) < 4.78 is 37.6. The summed E-state index contributed by atoms with van der Waals surface area (Å²) in [6.45, 7) is 2.24. The lowest BCUT2D eigenvalue weighted by Crippen LogP contribution is -2.32. The Hall–Kier alpha value is -3.75. The molecule has 0 bridgehead atoms.